The Morgan fingerprint density at radius 1 is 1.18 bits per heavy atom. The Morgan fingerprint density at radius 3 is 2.32 bits per heavy atom. The van der Waals surface area contributed by atoms with Gasteiger partial charge < -0.3 is 14.7 Å². The van der Waals surface area contributed by atoms with Crippen LogP contribution in [0.25, 0.3) is 0 Å². The van der Waals surface area contributed by atoms with Crippen LogP contribution in [0.3, 0.4) is 0 Å². The number of carbonyl (C=O) groups excluding carboxylic acids is 1. The molecule has 1 saturated heterocycles. The molecule has 1 N–H and O–H groups in total. The molecule has 0 unspecified atom stereocenters. The minimum atomic E-state index is -0.526. The van der Waals surface area contributed by atoms with Gasteiger partial charge in [-0.1, -0.05) is 24.3 Å². The minimum Gasteiger partial charge on any atom is -0.444 e. The van der Waals surface area contributed by atoms with Crippen molar-refractivity contribution in [2.24, 2.45) is 0 Å². The molecular formula is C17H24N2O3. The molecule has 0 saturated carbocycles. The highest BCUT2D eigenvalue weighted by Gasteiger charge is 2.40. The molecule has 3 rings (SSSR count). The maximum Gasteiger partial charge on any atom is 0.410 e. The summed E-state index contributed by atoms with van der Waals surface area (Å²) in [6.45, 7) is 8.08. The van der Waals surface area contributed by atoms with Crippen molar-refractivity contribution in [3.05, 3.63) is 35.4 Å². The minimum absolute atomic E-state index is 0.0279. The quantitative estimate of drug-likeness (QED) is 0.862. The Balaban J connectivity index is 1.64. The van der Waals surface area contributed by atoms with Crippen LogP contribution in [-0.4, -0.2) is 51.8 Å². The SMILES string of the molecule is CC(C)(C)OC(=O)N1C[C@@H](O)[C@H](N2Cc3ccccc3C2)C1. The van der Waals surface area contributed by atoms with Gasteiger partial charge in [0.1, 0.15) is 5.60 Å². The Hall–Kier alpha value is -1.59. The van der Waals surface area contributed by atoms with E-state index in [9.17, 15) is 9.90 Å². The van der Waals surface area contributed by atoms with Crippen molar-refractivity contribution in [3.63, 3.8) is 0 Å². The summed E-state index contributed by atoms with van der Waals surface area (Å²) in [5.41, 5.74) is 2.11. The zero-order valence-electron chi connectivity index (χ0n) is 13.5. The fourth-order valence-electron chi connectivity index (χ4n) is 3.20. The van der Waals surface area contributed by atoms with Gasteiger partial charge in [0.05, 0.1) is 18.7 Å². The molecule has 2 heterocycles. The van der Waals surface area contributed by atoms with Gasteiger partial charge in [0.2, 0.25) is 0 Å². The zero-order chi connectivity index (χ0) is 15.9. The molecule has 22 heavy (non-hydrogen) atoms. The molecule has 0 aromatic heterocycles. The van der Waals surface area contributed by atoms with E-state index in [1.54, 1.807) is 4.90 Å². The van der Waals surface area contributed by atoms with E-state index in [0.29, 0.717) is 13.1 Å². The number of fused-ring (bicyclic) bond motifs is 1. The predicted octanol–water partition coefficient (Wildman–Crippen LogP) is 1.98. The normalized spacial score (nSPS) is 25.4. The number of hydrogen-bond acceptors (Lipinski definition) is 4. The molecule has 2 aliphatic heterocycles. The molecule has 0 spiro atoms. The average molecular weight is 304 g/mol. The van der Waals surface area contributed by atoms with E-state index in [1.807, 2.05) is 32.9 Å². The molecule has 0 aliphatic carbocycles. The Morgan fingerprint density at radius 2 is 1.77 bits per heavy atom. The maximum atomic E-state index is 12.2. The third-order valence-corrected chi connectivity index (χ3v) is 4.25. The standard InChI is InChI=1S/C17H24N2O3/c1-17(2,3)22-16(21)19-10-14(15(20)11-19)18-8-12-6-4-5-7-13(12)9-18/h4-7,14-15,20H,8-11H2,1-3H3/t14-,15-/m1/s1. The van der Waals surface area contributed by atoms with Gasteiger partial charge in [-0.05, 0) is 31.9 Å². The first kappa shape index (κ1) is 15.3. The molecule has 2 atom stereocenters. The van der Waals surface area contributed by atoms with Gasteiger partial charge >= 0.3 is 6.09 Å². The van der Waals surface area contributed by atoms with Gasteiger partial charge in [0, 0.05) is 19.6 Å². The number of likely N-dealkylation sites (tertiary alicyclic amines) is 1. The third-order valence-electron chi connectivity index (χ3n) is 4.25. The number of nitrogens with zero attached hydrogens (tertiary/aromatic N) is 2. The van der Waals surface area contributed by atoms with Gasteiger partial charge in [0.15, 0.2) is 0 Å². The summed E-state index contributed by atoms with van der Waals surface area (Å²) in [4.78, 5) is 16.0. The largest absolute Gasteiger partial charge is 0.444 e. The lowest BCUT2D eigenvalue weighted by Gasteiger charge is -2.26. The second-order valence-electron chi connectivity index (χ2n) is 7.19. The van der Waals surface area contributed by atoms with Crippen LogP contribution in [0.1, 0.15) is 31.9 Å². The van der Waals surface area contributed by atoms with E-state index in [1.165, 1.54) is 11.1 Å². The number of hydrogen-bond donors (Lipinski definition) is 1. The molecule has 120 valence electrons. The molecule has 5 heteroatoms. The summed E-state index contributed by atoms with van der Waals surface area (Å²) in [5.74, 6) is 0. The predicted molar refractivity (Wildman–Crippen MR) is 83.3 cm³/mol. The summed E-state index contributed by atoms with van der Waals surface area (Å²) >= 11 is 0. The summed E-state index contributed by atoms with van der Waals surface area (Å²) < 4.78 is 5.40. The fourth-order valence-corrected chi connectivity index (χ4v) is 3.20. The number of aliphatic hydroxyl groups is 1. The second-order valence-corrected chi connectivity index (χ2v) is 7.19. The van der Waals surface area contributed by atoms with Gasteiger partial charge in [-0.25, -0.2) is 4.79 Å². The number of ether oxygens (including phenoxy) is 1. The molecule has 1 aromatic rings. The van der Waals surface area contributed by atoms with Crippen LogP contribution >= 0.6 is 0 Å². The van der Waals surface area contributed by atoms with Crippen molar-refractivity contribution in [2.45, 2.75) is 51.6 Å². The summed E-state index contributed by atoms with van der Waals surface area (Å²) in [5, 5.41) is 10.4. The number of β-amino-alcohol motifs (C(OH)–C–C–N with tert-alkyl or cyclic N) is 1. The lowest BCUT2D eigenvalue weighted by molar-refractivity contribution is 0.0269. The Kier molecular flexibility index (Phi) is 3.87. The number of rotatable bonds is 1. The zero-order valence-corrected chi connectivity index (χ0v) is 13.5. The summed E-state index contributed by atoms with van der Waals surface area (Å²) in [6, 6.07) is 8.31. The molecule has 1 fully saturated rings. The van der Waals surface area contributed by atoms with E-state index in [-0.39, 0.29) is 12.1 Å². The highest BCUT2D eigenvalue weighted by atomic mass is 16.6. The van der Waals surface area contributed by atoms with Crippen LogP contribution in [0.15, 0.2) is 24.3 Å². The van der Waals surface area contributed by atoms with Crippen LogP contribution in [0.4, 0.5) is 4.79 Å². The van der Waals surface area contributed by atoms with Crippen molar-refractivity contribution >= 4 is 6.09 Å². The van der Waals surface area contributed by atoms with Crippen LogP contribution in [0.5, 0.6) is 0 Å². The van der Waals surface area contributed by atoms with E-state index >= 15 is 0 Å². The van der Waals surface area contributed by atoms with Crippen LogP contribution < -0.4 is 0 Å². The van der Waals surface area contributed by atoms with Gasteiger partial charge in [0.25, 0.3) is 0 Å². The fraction of sp³-hybridized carbons (Fsp3) is 0.588. The maximum absolute atomic E-state index is 12.2. The van der Waals surface area contributed by atoms with E-state index in [4.69, 9.17) is 4.74 Å². The average Bonchev–Trinajstić information content (AvgIpc) is 2.99. The van der Waals surface area contributed by atoms with Crippen molar-refractivity contribution < 1.29 is 14.6 Å². The number of aliphatic hydroxyl groups excluding tert-OH is 1. The van der Waals surface area contributed by atoms with Crippen molar-refractivity contribution in [3.8, 4) is 0 Å². The molecule has 5 nitrogen and oxygen atoms in total. The first-order valence-electron chi connectivity index (χ1n) is 7.80. The monoisotopic (exact) mass is 304 g/mol. The molecule has 0 bridgehead atoms. The van der Waals surface area contributed by atoms with Crippen molar-refractivity contribution in [1.29, 1.82) is 0 Å². The Labute approximate surface area is 131 Å². The van der Waals surface area contributed by atoms with Gasteiger partial charge in [-0.15, -0.1) is 0 Å². The Bertz CT molecular complexity index is 542. The number of amides is 1. The first-order valence-corrected chi connectivity index (χ1v) is 7.80. The highest BCUT2D eigenvalue weighted by Crippen LogP contribution is 2.28. The van der Waals surface area contributed by atoms with E-state index in [2.05, 4.69) is 17.0 Å². The molecule has 2 aliphatic rings. The molecule has 1 amide bonds. The van der Waals surface area contributed by atoms with E-state index in [0.717, 1.165) is 13.1 Å². The van der Waals surface area contributed by atoms with E-state index < -0.39 is 11.7 Å². The topological polar surface area (TPSA) is 53.0 Å². The van der Waals surface area contributed by atoms with Crippen LogP contribution in [0.2, 0.25) is 0 Å². The second kappa shape index (κ2) is 5.56. The molecule has 0 radical (unpaired) electrons. The third kappa shape index (κ3) is 3.10. The lowest BCUT2D eigenvalue weighted by atomic mass is 10.1. The molecular weight excluding hydrogens is 280 g/mol. The van der Waals surface area contributed by atoms with Gasteiger partial charge in [-0.3, -0.25) is 4.90 Å². The number of carbonyl (C=O) groups is 1. The number of benzene rings is 1. The highest BCUT2D eigenvalue weighted by molar-refractivity contribution is 5.68. The van der Waals surface area contributed by atoms with Crippen molar-refractivity contribution in [2.75, 3.05) is 13.1 Å². The smallest absolute Gasteiger partial charge is 0.410 e. The van der Waals surface area contributed by atoms with Crippen LogP contribution in [0, 0.1) is 0 Å². The van der Waals surface area contributed by atoms with Gasteiger partial charge in [-0.2, -0.15) is 0 Å². The summed E-state index contributed by atoms with van der Waals surface area (Å²) in [7, 11) is 0. The molecule has 1 aromatic carbocycles. The summed E-state index contributed by atoms with van der Waals surface area (Å²) in [6.07, 6.45) is -0.868. The lowest BCUT2D eigenvalue weighted by Crippen LogP contribution is -2.40. The van der Waals surface area contributed by atoms with Crippen LogP contribution in [-0.2, 0) is 17.8 Å². The first-order chi connectivity index (χ1) is 10.3. The van der Waals surface area contributed by atoms with Crippen molar-refractivity contribution in [1.82, 2.24) is 9.80 Å².